The average molecular weight is 312 g/mol. The van der Waals surface area contributed by atoms with Crippen LogP contribution >= 0.6 is 23.2 Å². The van der Waals surface area contributed by atoms with Crippen LogP contribution in [0.3, 0.4) is 0 Å². The Labute approximate surface area is 121 Å². The number of nitrogens with zero attached hydrogens (tertiary/aromatic N) is 1. The van der Waals surface area contributed by atoms with Crippen molar-refractivity contribution in [2.24, 2.45) is 0 Å². The number of amides is 2. The van der Waals surface area contributed by atoms with Crippen molar-refractivity contribution >= 4 is 52.6 Å². The Morgan fingerprint density at radius 2 is 1.50 bits per heavy atom. The Kier molecular flexibility index (Phi) is 2.67. The highest BCUT2D eigenvalue weighted by atomic mass is 35.5. The first-order chi connectivity index (χ1) is 9.43. The predicted molar refractivity (Wildman–Crippen MR) is 67.4 cm³/mol. The molecule has 0 aromatic heterocycles. The summed E-state index contributed by atoms with van der Waals surface area (Å²) in [4.78, 5) is 47.6. The molecule has 2 aliphatic rings. The summed E-state index contributed by atoms with van der Waals surface area (Å²) in [5.74, 6) is -3.49. The van der Waals surface area contributed by atoms with Gasteiger partial charge in [-0.2, -0.15) is 0 Å². The minimum atomic E-state index is -0.930. The summed E-state index contributed by atoms with van der Waals surface area (Å²) < 4.78 is 4.45. The molecular weight excluding hydrogens is 309 g/mol. The number of anilines is 1. The first-order valence-corrected chi connectivity index (χ1v) is 6.02. The lowest BCUT2D eigenvalue weighted by molar-refractivity contribution is -0.120. The lowest BCUT2D eigenvalue weighted by Crippen LogP contribution is -2.32. The van der Waals surface area contributed by atoms with Crippen molar-refractivity contribution in [3.05, 3.63) is 39.4 Å². The highest BCUT2D eigenvalue weighted by Crippen LogP contribution is 2.36. The van der Waals surface area contributed by atoms with Crippen molar-refractivity contribution in [3.63, 3.8) is 0 Å². The van der Waals surface area contributed by atoms with E-state index in [0.29, 0.717) is 4.90 Å². The third-order valence-electron chi connectivity index (χ3n) is 2.87. The largest absolute Gasteiger partial charge is 0.386 e. The van der Waals surface area contributed by atoms with Crippen molar-refractivity contribution < 1.29 is 23.9 Å². The maximum absolute atomic E-state index is 11.9. The van der Waals surface area contributed by atoms with Gasteiger partial charge < -0.3 is 4.74 Å². The fraction of sp³-hybridized carbons (Fsp3) is 0. The van der Waals surface area contributed by atoms with Crippen LogP contribution in [0, 0.1) is 0 Å². The topological polar surface area (TPSA) is 80.8 Å². The molecule has 2 amide bonds. The number of cyclic esters (lactones) is 2. The number of esters is 2. The van der Waals surface area contributed by atoms with Gasteiger partial charge in [0.25, 0.3) is 11.8 Å². The fourth-order valence-electron chi connectivity index (χ4n) is 2.00. The monoisotopic (exact) mass is 311 g/mol. The second-order valence-electron chi connectivity index (χ2n) is 3.95. The lowest BCUT2D eigenvalue weighted by atomic mass is 10.1. The molecule has 8 heteroatoms. The van der Waals surface area contributed by atoms with Gasteiger partial charge in [-0.3, -0.25) is 9.59 Å². The van der Waals surface area contributed by atoms with Gasteiger partial charge in [0, 0.05) is 0 Å². The van der Waals surface area contributed by atoms with Gasteiger partial charge in [-0.1, -0.05) is 29.3 Å². The minimum absolute atomic E-state index is 0.0211. The molecule has 2 aliphatic heterocycles. The third-order valence-corrected chi connectivity index (χ3v) is 3.67. The number of fused-ring (bicyclic) bond motifs is 1. The molecular formula is C12H3Cl2NO5. The zero-order valence-electron chi connectivity index (χ0n) is 9.48. The highest BCUT2D eigenvalue weighted by molar-refractivity contribution is 6.62. The Morgan fingerprint density at radius 1 is 0.900 bits per heavy atom. The van der Waals surface area contributed by atoms with Gasteiger partial charge in [-0.25, -0.2) is 14.5 Å². The zero-order chi connectivity index (χ0) is 14.6. The van der Waals surface area contributed by atoms with Gasteiger partial charge in [0.2, 0.25) is 0 Å². The fourth-order valence-corrected chi connectivity index (χ4v) is 2.33. The van der Waals surface area contributed by atoms with Gasteiger partial charge in [-0.05, 0) is 12.1 Å². The first kappa shape index (κ1) is 12.8. The average Bonchev–Trinajstić information content (AvgIpc) is 2.81. The van der Waals surface area contributed by atoms with Crippen LogP contribution in [0.2, 0.25) is 0 Å². The second-order valence-corrected chi connectivity index (χ2v) is 4.71. The quantitative estimate of drug-likeness (QED) is 0.446. The Morgan fingerprint density at radius 3 is 2.10 bits per heavy atom. The molecule has 0 unspecified atom stereocenters. The lowest BCUT2D eigenvalue weighted by Gasteiger charge is -2.15. The van der Waals surface area contributed by atoms with E-state index in [1.54, 1.807) is 0 Å². The van der Waals surface area contributed by atoms with E-state index in [0.717, 1.165) is 0 Å². The molecule has 0 radical (unpaired) electrons. The predicted octanol–water partition coefficient (Wildman–Crippen LogP) is 1.56. The number of imide groups is 1. The number of rotatable bonds is 1. The molecule has 2 heterocycles. The molecule has 0 saturated heterocycles. The van der Waals surface area contributed by atoms with Gasteiger partial charge in [0.15, 0.2) is 0 Å². The number of carbonyl (C=O) groups excluding carboxylic acids is 4. The number of hydrogen-bond donors (Lipinski definition) is 0. The molecule has 20 heavy (non-hydrogen) atoms. The van der Waals surface area contributed by atoms with Crippen LogP contribution in [0.1, 0.15) is 20.7 Å². The van der Waals surface area contributed by atoms with Crippen molar-refractivity contribution in [2.75, 3.05) is 4.90 Å². The summed E-state index contributed by atoms with van der Waals surface area (Å²) in [6.07, 6.45) is 0. The Balaban J connectivity index is 2.20. The summed E-state index contributed by atoms with van der Waals surface area (Å²) in [6.45, 7) is 0. The van der Waals surface area contributed by atoms with Gasteiger partial charge >= 0.3 is 11.9 Å². The zero-order valence-corrected chi connectivity index (χ0v) is 11.0. The van der Waals surface area contributed by atoms with E-state index >= 15 is 0 Å². The van der Waals surface area contributed by atoms with Crippen LogP contribution in [-0.4, -0.2) is 23.8 Å². The molecule has 1 aromatic carbocycles. The molecule has 0 bridgehead atoms. The molecule has 0 fully saturated rings. The molecule has 1 aromatic rings. The van der Waals surface area contributed by atoms with Crippen molar-refractivity contribution in [1.29, 1.82) is 0 Å². The normalized spacial score (nSPS) is 18.0. The van der Waals surface area contributed by atoms with E-state index in [-0.39, 0.29) is 16.8 Å². The molecule has 3 rings (SSSR count). The maximum Gasteiger partial charge on any atom is 0.349 e. The second kappa shape index (κ2) is 4.16. The number of ether oxygens (including phenoxy) is 1. The summed E-state index contributed by atoms with van der Waals surface area (Å²) >= 11 is 11.2. The number of benzene rings is 1. The van der Waals surface area contributed by atoms with Crippen LogP contribution in [-0.2, 0) is 14.3 Å². The summed E-state index contributed by atoms with van der Waals surface area (Å²) in [5, 5.41) is -0.876. The number of halogens is 2. The van der Waals surface area contributed by atoms with Crippen LogP contribution in [0.15, 0.2) is 28.3 Å². The van der Waals surface area contributed by atoms with E-state index in [2.05, 4.69) is 4.74 Å². The van der Waals surface area contributed by atoms with Crippen molar-refractivity contribution in [3.8, 4) is 0 Å². The van der Waals surface area contributed by atoms with Crippen LogP contribution < -0.4 is 4.90 Å². The minimum Gasteiger partial charge on any atom is -0.386 e. The van der Waals surface area contributed by atoms with E-state index in [1.165, 1.54) is 18.2 Å². The van der Waals surface area contributed by atoms with Crippen molar-refractivity contribution in [2.45, 2.75) is 0 Å². The summed E-state index contributed by atoms with van der Waals surface area (Å²) in [5.41, 5.74) is -0.260. The standard InChI is InChI=1S/C12H3Cl2NO5/c13-7-8(14)10(17)15(9(7)16)5-3-1-2-4-6(5)12(19)20-11(4)18/h1-3H. The molecule has 0 atom stereocenters. The number of hydrogen-bond acceptors (Lipinski definition) is 5. The van der Waals surface area contributed by atoms with Gasteiger partial charge in [0.1, 0.15) is 10.1 Å². The molecule has 0 saturated carbocycles. The van der Waals surface area contributed by atoms with Gasteiger partial charge in [0.05, 0.1) is 16.8 Å². The van der Waals surface area contributed by atoms with Crippen molar-refractivity contribution in [1.82, 2.24) is 0 Å². The molecule has 6 nitrogen and oxygen atoms in total. The van der Waals surface area contributed by atoms with E-state index in [1.807, 2.05) is 0 Å². The summed E-state index contributed by atoms with van der Waals surface area (Å²) in [7, 11) is 0. The SMILES string of the molecule is O=C1OC(=O)c2c1cccc2N1C(=O)C(Cl)=C(Cl)C1=O. The molecule has 0 N–H and O–H groups in total. The summed E-state index contributed by atoms with van der Waals surface area (Å²) in [6, 6.07) is 4.09. The van der Waals surface area contributed by atoms with E-state index in [9.17, 15) is 19.2 Å². The Bertz CT molecular complexity index is 728. The third kappa shape index (κ3) is 1.52. The highest BCUT2D eigenvalue weighted by Gasteiger charge is 2.42. The van der Waals surface area contributed by atoms with Crippen LogP contribution in [0.25, 0.3) is 0 Å². The van der Waals surface area contributed by atoms with Crippen LogP contribution in [0.5, 0.6) is 0 Å². The molecule has 100 valence electrons. The van der Waals surface area contributed by atoms with E-state index in [4.69, 9.17) is 23.2 Å². The van der Waals surface area contributed by atoms with Gasteiger partial charge in [-0.15, -0.1) is 0 Å². The molecule has 0 aliphatic carbocycles. The Hall–Kier alpha value is -2.18. The first-order valence-electron chi connectivity index (χ1n) is 5.27. The number of carbonyl (C=O) groups is 4. The smallest absolute Gasteiger partial charge is 0.349 e. The maximum atomic E-state index is 11.9. The molecule has 0 spiro atoms. The van der Waals surface area contributed by atoms with Crippen LogP contribution in [0.4, 0.5) is 5.69 Å². The van der Waals surface area contributed by atoms with E-state index < -0.39 is 33.8 Å².